The molecule has 0 aromatic heterocycles. The molecule has 1 aromatic rings. The van der Waals surface area contributed by atoms with Crippen LogP contribution in [0.1, 0.15) is 25.8 Å². The molecule has 6 heteroatoms. The van der Waals surface area contributed by atoms with E-state index in [1.807, 2.05) is 13.8 Å². The monoisotopic (exact) mass is 290 g/mol. The van der Waals surface area contributed by atoms with Gasteiger partial charge in [0.25, 0.3) is 0 Å². The summed E-state index contributed by atoms with van der Waals surface area (Å²) in [4.78, 5) is 0.174. The fourth-order valence-electron chi connectivity index (χ4n) is 1.34. The second kappa shape index (κ2) is 6.52. The van der Waals surface area contributed by atoms with E-state index < -0.39 is 10.0 Å². The Morgan fingerprint density at radius 1 is 1.44 bits per heavy atom. The van der Waals surface area contributed by atoms with Crippen LogP contribution in [0.2, 0.25) is 5.02 Å². The third-order valence-corrected chi connectivity index (χ3v) is 4.65. The first kappa shape index (κ1) is 15.4. The molecular formula is C12H19ClN2O2S. The van der Waals surface area contributed by atoms with Crippen LogP contribution in [0.3, 0.4) is 0 Å². The van der Waals surface area contributed by atoms with E-state index in [0.29, 0.717) is 24.0 Å². The van der Waals surface area contributed by atoms with E-state index >= 15 is 0 Å². The van der Waals surface area contributed by atoms with Gasteiger partial charge in [0.2, 0.25) is 10.0 Å². The number of benzene rings is 1. The lowest BCUT2D eigenvalue weighted by atomic mass is 10.1. The van der Waals surface area contributed by atoms with Gasteiger partial charge in [0.1, 0.15) is 0 Å². The van der Waals surface area contributed by atoms with E-state index in [2.05, 4.69) is 4.72 Å². The lowest BCUT2D eigenvalue weighted by molar-refractivity contribution is 0.528. The van der Waals surface area contributed by atoms with E-state index in [1.165, 1.54) is 12.1 Å². The number of hydrogen-bond acceptors (Lipinski definition) is 3. The molecule has 1 aromatic carbocycles. The molecule has 1 rings (SSSR count). The van der Waals surface area contributed by atoms with Crippen molar-refractivity contribution in [1.29, 1.82) is 0 Å². The van der Waals surface area contributed by atoms with Crippen molar-refractivity contribution >= 4 is 21.6 Å². The molecule has 0 bridgehead atoms. The largest absolute Gasteiger partial charge is 0.326 e. The molecule has 0 saturated carbocycles. The van der Waals surface area contributed by atoms with Crippen molar-refractivity contribution in [3.63, 3.8) is 0 Å². The van der Waals surface area contributed by atoms with Crippen molar-refractivity contribution in [3.05, 3.63) is 28.8 Å². The van der Waals surface area contributed by atoms with E-state index in [1.54, 1.807) is 6.07 Å². The highest BCUT2D eigenvalue weighted by atomic mass is 35.5. The van der Waals surface area contributed by atoms with Crippen molar-refractivity contribution < 1.29 is 8.42 Å². The van der Waals surface area contributed by atoms with Crippen molar-refractivity contribution in [3.8, 4) is 0 Å². The smallest absolute Gasteiger partial charge is 0.240 e. The molecule has 0 heterocycles. The lowest BCUT2D eigenvalue weighted by Crippen LogP contribution is -2.28. The number of halogens is 1. The fraction of sp³-hybridized carbons (Fsp3) is 0.500. The molecule has 0 spiro atoms. The van der Waals surface area contributed by atoms with Crippen molar-refractivity contribution in [2.45, 2.75) is 31.7 Å². The van der Waals surface area contributed by atoms with E-state index in [9.17, 15) is 8.42 Å². The number of nitrogens with one attached hydrogen (secondary N) is 1. The molecule has 18 heavy (non-hydrogen) atoms. The zero-order valence-corrected chi connectivity index (χ0v) is 12.2. The summed E-state index contributed by atoms with van der Waals surface area (Å²) in [5, 5.41) is 0.379. The van der Waals surface area contributed by atoms with Gasteiger partial charge in [-0.25, -0.2) is 13.1 Å². The Labute approximate surface area is 114 Å². The zero-order valence-electron chi connectivity index (χ0n) is 10.6. The summed E-state index contributed by atoms with van der Waals surface area (Å²) in [5.74, 6) is 0.304. The van der Waals surface area contributed by atoms with Crippen LogP contribution in [-0.4, -0.2) is 15.0 Å². The second-order valence-corrected chi connectivity index (χ2v) is 6.50. The molecule has 0 saturated heterocycles. The average Bonchev–Trinajstić information content (AvgIpc) is 2.35. The van der Waals surface area contributed by atoms with E-state index in [-0.39, 0.29) is 4.90 Å². The van der Waals surface area contributed by atoms with Crippen molar-refractivity contribution in [2.24, 2.45) is 11.7 Å². The summed E-state index contributed by atoms with van der Waals surface area (Å²) in [7, 11) is -3.49. The summed E-state index contributed by atoms with van der Waals surface area (Å²) in [5.41, 5.74) is 6.21. The van der Waals surface area contributed by atoms with Crippen LogP contribution >= 0.6 is 11.6 Å². The quantitative estimate of drug-likeness (QED) is 0.843. The second-order valence-electron chi connectivity index (χ2n) is 4.32. The molecule has 0 amide bonds. The normalized spacial score (nSPS) is 13.6. The molecule has 1 unspecified atom stereocenters. The van der Waals surface area contributed by atoms with Crippen molar-refractivity contribution in [2.75, 3.05) is 6.54 Å². The van der Waals surface area contributed by atoms with Gasteiger partial charge in [-0.1, -0.05) is 37.9 Å². The van der Waals surface area contributed by atoms with Crippen LogP contribution in [0, 0.1) is 5.92 Å². The van der Waals surface area contributed by atoms with Crippen LogP contribution in [0.4, 0.5) is 0 Å². The standard InChI is InChI=1S/C12H19ClN2O2S/c1-3-9(2)8-15-18(16,17)11-5-4-10(7-14)12(13)6-11/h4-6,9,15H,3,7-8,14H2,1-2H3. The maximum atomic E-state index is 12.0. The maximum absolute atomic E-state index is 12.0. The van der Waals surface area contributed by atoms with Gasteiger partial charge in [-0.15, -0.1) is 0 Å². The highest BCUT2D eigenvalue weighted by molar-refractivity contribution is 7.89. The highest BCUT2D eigenvalue weighted by Crippen LogP contribution is 2.20. The summed E-state index contributed by atoms with van der Waals surface area (Å²) < 4.78 is 26.6. The Hall–Kier alpha value is -0.620. The van der Waals surface area contributed by atoms with Crippen LogP contribution < -0.4 is 10.5 Å². The van der Waals surface area contributed by atoms with Gasteiger partial charge < -0.3 is 5.73 Å². The number of rotatable bonds is 6. The van der Waals surface area contributed by atoms with Crippen LogP contribution in [0.25, 0.3) is 0 Å². The van der Waals surface area contributed by atoms with Crippen LogP contribution in [0.15, 0.2) is 23.1 Å². The molecule has 0 aliphatic rings. The van der Waals surface area contributed by atoms with Crippen molar-refractivity contribution in [1.82, 2.24) is 4.72 Å². The minimum Gasteiger partial charge on any atom is -0.326 e. The predicted octanol–water partition coefficient (Wildman–Crippen LogP) is 2.12. The van der Waals surface area contributed by atoms with Gasteiger partial charge in [0.05, 0.1) is 4.90 Å². The lowest BCUT2D eigenvalue weighted by Gasteiger charge is -2.11. The topological polar surface area (TPSA) is 72.2 Å². The first-order valence-electron chi connectivity index (χ1n) is 5.88. The van der Waals surface area contributed by atoms with Gasteiger partial charge >= 0.3 is 0 Å². The third-order valence-electron chi connectivity index (χ3n) is 2.87. The Balaban J connectivity index is 2.88. The molecular weight excluding hydrogens is 272 g/mol. The Morgan fingerprint density at radius 3 is 2.61 bits per heavy atom. The van der Waals surface area contributed by atoms with Gasteiger partial charge in [-0.05, 0) is 23.6 Å². The van der Waals surface area contributed by atoms with Crippen LogP contribution in [0.5, 0.6) is 0 Å². The SMILES string of the molecule is CCC(C)CNS(=O)(=O)c1ccc(CN)c(Cl)c1. The maximum Gasteiger partial charge on any atom is 0.240 e. The van der Waals surface area contributed by atoms with Crippen LogP contribution in [-0.2, 0) is 16.6 Å². The summed E-state index contributed by atoms with van der Waals surface area (Å²) >= 11 is 5.95. The minimum absolute atomic E-state index is 0.174. The third kappa shape index (κ3) is 3.95. The van der Waals surface area contributed by atoms with E-state index in [0.717, 1.165) is 12.0 Å². The first-order valence-corrected chi connectivity index (χ1v) is 7.75. The summed E-state index contributed by atoms with van der Waals surface area (Å²) in [6.45, 7) is 4.73. The average molecular weight is 291 g/mol. The molecule has 0 aliphatic heterocycles. The van der Waals surface area contributed by atoms with E-state index in [4.69, 9.17) is 17.3 Å². The number of nitrogens with two attached hydrogens (primary N) is 1. The predicted molar refractivity (Wildman–Crippen MR) is 74.0 cm³/mol. The Bertz CT molecular complexity index is 503. The Morgan fingerprint density at radius 2 is 2.11 bits per heavy atom. The molecule has 1 atom stereocenters. The summed E-state index contributed by atoms with van der Waals surface area (Å²) in [6.07, 6.45) is 0.926. The van der Waals surface area contributed by atoms with Gasteiger partial charge in [0.15, 0.2) is 0 Å². The van der Waals surface area contributed by atoms with Gasteiger partial charge in [-0.3, -0.25) is 0 Å². The molecule has 3 N–H and O–H groups in total. The molecule has 102 valence electrons. The molecule has 4 nitrogen and oxygen atoms in total. The van der Waals surface area contributed by atoms with Gasteiger partial charge in [0, 0.05) is 18.1 Å². The zero-order chi connectivity index (χ0) is 13.8. The number of hydrogen-bond donors (Lipinski definition) is 2. The molecule has 0 aliphatic carbocycles. The van der Waals surface area contributed by atoms with Gasteiger partial charge in [-0.2, -0.15) is 0 Å². The Kier molecular flexibility index (Phi) is 5.59. The minimum atomic E-state index is -3.49. The fourth-order valence-corrected chi connectivity index (χ4v) is 2.85. The summed E-state index contributed by atoms with van der Waals surface area (Å²) in [6, 6.07) is 4.59. The molecule has 0 fully saturated rings. The highest BCUT2D eigenvalue weighted by Gasteiger charge is 2.15. The number of sulfonamides is 1. The first-order chi connectivity index (χ1) is 8.40. The molecule has 0 radical (unpaired) electrons.